The Hall–Kier alpha value is 0.270. The van der Waals surface area contributed by atoms with Gasteiger partial charge in [0.25, 0.3) is 0 Å². The van der Waals surface area contributed by atoms with E-state index in [1.807, 2.05) is 0 Å². The van der Waals surface area contributed by atoms with Gasteiger partial charge in [-0.1, -0.05) is 46.5 Å². The lowest BCUT2D eigenvalue weighted by Gasteiger charge is -2.40. The van der Waals surface area contributed by atoms with Gasteiger partial charge >= 0.3 is 0 Å². The quantitative estimate of drug-likeness (QED) is 0.720. The molecule has 1 unspecified atom stereocenters. The first kappa shape index (κ1) is 17.3. The third-order valence-corrected chi connectivity index (χ3v) is 5.98. The van der Waals surface area contributed by atoms with E-state index in [1.165, 1.54) is 57.4 Å². The third kappa shape index (κ3) is 5.65. The Balaban J connectivity index is 2.52. The van der Waals surface area contributed by atoms with Crippen LogP contribution in [-0.2, 0) is 0 Å². The molecular formula is C16H34N2S. The van der Waals surface area contributed by atoms with Gasteiger partial charge < -0.3 is 5.73 Å². The minimum Gasteiger partial charge on any atom is -0.329 e. The summed E-state index contributed by atoms with van der Waals surface area (Å²) in [5.41, 5.74) is 6.34. The lowest BCUT2D eigenvalue weighted by molar-refractivity contribution is 0.104. The molecule has 1 rings (SSSR count). The number of rotatable bonds is 7. The normalized spacial score (nSPS) is 23.8. The lowest BCUT2D eigenvalue weighted by Crippen LogP contribution is -2.52. The van der Waals surface area contributed by atoms with Gasteiger partial charge in [-0.2, -0.15) is 11.8 Å². The van der Waals surface area contributed by atoms with Gasteiger partial charge in [-0.15, -0.1) is 0 Å². The number of hydrogen-bond acceptors (Lipinski definition) is 3. The molecule has 0 saturated carbocycles. The zero-order valence-electron chi connectivity index (χ0n) is 13.5. The molecule has 0 bridgehead atoms. The van der Waals surface area contributed by atoms with Gasteiger partial charge in [-0.3, -0.25) is 4.90 Å². The van der Waals surface area contributed by atoms with E-state index in [0.717, 1.165) is 6.54 Å². The van der Waals surface area contributed by atoms with Crippen LogP contribution in [0.4, 0.5) is 0 Å². The summed E-state index contributed by atoms with van der Waals surface area (Å²) in [4.78, 5) is 2.67. The zero-order valence-corrected chi connectivity index (χ0v) is 14.3. The average Bonchev–Trinajstić information content (AvgIpc) is 2.56. The van der Waals surface area contributed by atoms with Crippen LogP contribution in [-0.4, -0.2) is 40.6 Å². The fourth-order valence-electron chi connectivity index (χ4n) is 2.88. The van der Waals surface area contributed by atoms with Crippen LogP contribution in [0.15, 0.2) is 0 Å². The Labute approximate surface area is 124 Å². The highest BCUT2D eigenvalue weighted by Crippen LogP contribution is 2.33. The Morgan fingerprint density at radius 2 is 1.95 bits per heavy atom. The van der Waals surface area contributed by atoms with E-state index in [2.05, 4.69) is 44.4 Å². The van der Waals surface area contributed by atoms with Crippen molar-refractivity contribution in [1.29, 1.82) is 0 Å². The van der Waals surface area contributed by atoms with Crippen molar-refractivity contribution in [2.45, 2.75) is 76.5 Å². The largest absolute Gasteiger partial charge is 0.329 e. The van der Waals surface area contributed by atoms with Gasteiger partial charge in [0.05, 0.1) is 0 Å². The fourth-order valence-corrected chi connectivity index (χ4v) is 3.98. The molecule has 1 fully saturated rings. The summed E-state index contributed by atoms with van der Waals surface area (Å²) < 4.78 is 0.437. The minimum atomic E-state index is 0.217. The van der Waals surface area contributed by atoms with E-state index in [9.17, 15) is 0 Å². The molecule has 1 atom stereocenters. The summed E-state index contributed by atoms with van der Waals surface area (Å²) in [7, 11) is 0. The van der Waals surface area contributed by atoms with Crippen LogP contribution in [0.2, 0.25) is 0 Å². The van der Waals surface area contributed by atoms with Gasteiger partial charge in [0.1, 0.15) is 0 Å². The highest BCUT2D eigenvalue weighted by Gasteiger charge is 2.33. The van der Waals surface area contributed by atoms with Crippen molar-refractivity contribution in [1.82, 2.24) is 4.90 Å². The Morgan fingerprint density at radius 3 is 2.58 bits per heavy atom. The molecule has 0 spiro atoms. The predicted octanol–water partition coefficient (Wildman–Crippen LogP) is 3.89. The van der Waals surface area contributed by atoms with E-state index >= 15 is 0 Å². The second-order valence-corrected chi connectivity index (χ2v) is 8.66. The summed E-state index contributed by atoms with van der Waals surface area (Å²) >= 11 is 2.12. The van der Waals surface area contributed by atoms with Crippen molar-refractivity contribution in [3.63, 3.8) is 0 Å². The first-order chi connectivity index (χ1) is 8.93. The first-order valence-electron chi connectivity index (χ1n) is 8.02. The SMILES string of the molecule is CCCCCCC(C)(CN)N1CCSC(C)(C)CC1. The van der Waals surface area contributed by atoms with Gasteiger partial charge in [0, 0.05) is 35.7 Å². The maximum Gasteiger partial charge on any atom is 0.0303 e. The summed E-state index contributed by atoms with van der Waals surface area (Å²) in [5.74, 6) is 1.25. The molecule has 1 aliphatic heterocycles. The maximum absolute atomic E-state index is 6.12. The average molecular weight is 287 g/mol. The highest BCUT2D eigenvalue weighted by atomic mass is 32.2. The molecule has 2 nitrogen and oxygen atoms in total. The molecule has 0 aromatic heterocycles. The van der Waals surface area contributed by atoms with Crippen molar-refractivity contribution in [3.05, 3.63) is 0 Å². The number of nitrogens with two attached hydrogens (primary N) is 1. The van der Waals surface area contributed by atoms with Crippen molar-refractivity contribution >= 4 is 11.8 Å². The Kier molecular flexibility index (Phi) is 7.20. The molecule has 0 radical (unpaired) electrons. The monoisotopic (exact) mass is 286 g/mol. The van der Waals surface area contributed by atoms with Crippen molar-refractivity contribution in [3.8, 4) is 0 Å². The number of unbranched alkanes of at least 4 members (excludes halogenated alkanes) is 3. The van der Waals surface area contributed by atoms with E-state index in [-0.39, 0.29) is 5.54 Å². The van der Waals surface area contributed by atoms with E-state index in [0.29, 0.717) is 4.75 Å². The van der Waals surface area contributed by atoms with Gasteiger partial charge in [-0.05, 0) is 19.8 Å². The van der Waals surface area contributed by atoms with Crippen LogP contribution < -0.4 is 5.73 Å². The van der Waals surface area contributed by atoms with E-state index in [4.69, 9.17) is 5.73 Å². The summed E-state index contributed by atoms with van der Waals surface area (Å²) in [5, 5.41) is 0. The number of hydrogen-bond donors (Lipinski definition) is 1. The zero-order chi connectivity index (χ0) is 14.4. The smallest absolute Gasteiger partial charge is 0.0303 e. The molecule has 1 heterocycles. The highest BCUT2D eigenvalue weighted by molar-refractivity contribution is 8.00. The molecule has 1 aliphatic rings. The number of nitrogens with zero attached hydrogens (tertiary/aromatic N) is 1. The molecule has 114 valence electrons. The van der Waals surface area contributed by atoms with Crippen molar-refractivity contribution in [2.75, 3.05) is 25.4 Å². The maximum atomic E-state index is 6.12. The summed E-state index contributed by atoms with van der Waals surface area (Å²) in [6, 6.07) is 0. The van der Waals surface area contributed by atoms with Gasteiger partial charge in [-0.25, -0.2) is 0 Å². The van der Waals surface area contributed by atoms with Crippen LogP contribution in [0.25, 0.3) is 0 Å². The van der Waals surface area contributed by atoms with E-state index < -0.39 is 0 Å². The van der Waals surface area contributed by atoms with Crippen LogP contribution in [0.5, 0.6) is 0 Å². The molecule has 0 aromatic rings. The molecule has 0 amide bonds. The lowest BCUT2D eigenvalue weighted by atomic mass is 9.91. The molecule has 0 aromatic carbocycles. The summed E-state index contributed by atoms with van der Waals surface area (Å²) in [6.45, 7) is 12.6. The molecule has 19 heavy (non-hydrogen) atoms. The second kappa shape index (κ2) is 7.90. The van der Waals surface area contributed by atoms with Crippen LogP contribution >= 0.6 is 11.8 Å². The Morgan fingerprint density at radius 1 is 1.21 bits per heavy atom. The number of thioether (sulfide) groups is 1. The van der Waals surface area contributed by atoms with Crippen molar-refractivity contribution in [2.24, 2.45) is 5.73 Å². The molecule has 0 aliphatic carbocycles. The van der Waals surface area contributed by atoms with Crippen LogP contribution in [0.1, 0.15) is 66.2 Å². The molecule has 1 saturated heterocycles. The topological polar surface area (TPSA) is 29.3 Å². The molecular weight excluding hydrogens is 252 g/mol. The first-order valence-corrected chi connectivity index (χ1v) is 9.01. The standard InChI is InChI=1S/C16H34N2S/c1-5-6-7-8-9-16(4,14-17)18-11-10-15(2,3)19-13-12-18/h5-14,17H2,1-4H3. The molecule has 2 N–H and O–H groups in total. The van der Waals surface area contributed by atoms with Crippen LogP contribution in [0.3, 0.4) is 0 Å². The molecule has 3 heteroatoms. The second-order valence-electron chi connectivity index (χ2n) is 6.86. The van der Waals surface area contributed by atoms with Gasteiger partial charge in [0.15, 0.2) is 0 Å². The summed E-state index contributed by atoms with van der Waals surface area (Å²) in [6.07, 6.45) is 7.91. The third-order valence-electron chi connectivity index (χ3n) is 4.61. The van der Waals surface area contributed by atoms with Crippen molar-refractivity contribution < 1.29 is 0 Å². The fraction of sp³-hybridized carbons (Fsp3) is 1.00. The van der Waals surface area contributed by atoms with E-state index in [1.54, 1.807) is 0 Å². The van der Waals surface area contributed by atoms with Gasteiger partial charge in [0.2, 0.25) is 0 Å². The predicted molar refractivity (Wildman–Crippen MR) is 88.9 cm³/mol. The van der Waals surface area contributed by atoms with Crippen LogP contribution in [0, 0.1) is 0 Å². The Bertz CT molecular complexity index is 255. The minimum absolute atomic E-state index is 0.217.